The lowest BCUT2D eigenvalue weighted by molar-refractivity contribution is -0.123. The molecule has 1 saturated carbocycles. The molecule has 2 fully saturated rings. The van der Waals surface area contributed by atoms with E-state index in [9.17, 15) is 4.79 Å². The zero-order valence-electron chi connectivity index (χ0n) is 13.0. The molecule has 0 aromatic carbocycles. The lowest BCUT2D eigenvalue weighted by Crippen LogP contribution is -2.42. The molecule has 3 unspecified atom stereocenters. The van der Waals surface area contributed by atoms with E-state index in [1.807, 2.05) is 17.5 Å². The summed E-state index contributed by atoms with van der Waals surface area (Å²) in [6, 6.07) is 4.25. The number of amides is 1. The van der Waals surface area contributed by atoms with Crippen LogP contribution in [0.25, 0.3) is 10.8 Å². The Balaban J connectivity index is 1.32. The van der Waals surface area contributed by atoms with Crippen LogP contribution in [0.1, 0.15) is 37.8 Å². The van der Waals surface area contributed by atoms with E-state index in [4.69, 9.17) is 4.42 Å². The van der Waals surface area contributed by atoms with Gasteiger partial charge in [-0.15, -0.1) is 11.3 Å². The van der Waals surface area contributed by atoms with Gasteiger partial charge in [0.1, 0.15) is 0 Å². The summed E-state index contributed by atoms with van der Waals surface area (Å²) >= 11 is 1.54. The fraction of sp³-hybridized carbons (Fsp3) is 0.529. The average molecular weight is 331 g/mol. The topological polar surface area (TPSA) is 67.2 Å². The zero-order chi connectivity index (χ0) is 15.6. The van der Waals surface area contributed by atoms with Crippen LogP contribution in [0.3, 0.4) is 0 Å². The van der Waals surface area contributed by atoms with Gasteiger partial charge in [-0.25, -0.2) is 4.98 Å². The summed E-state index contributed by atoms with van der Waals surface area (Å²) in [4.78, 5) is 16.9. The van der Waals surface area contributed by atoms with Crippen LogP contribution in [0.2, 0.25) is 0 Å². The van der Waals surface area contributed by atoms with E-state index in [1.165, 1.54) is 37.0 Å². The van der Waals surface area contributed by atoms with Gasteiger partial charge in [0, 0.05) is 11.4 Å². The monoisotopic (exact) mass is 331 g/mol. The summed E-state index contributed by atoms with van der Waals surface area (Å²) in [7, 11) is 0. The highest BCUT2D eigenvalue weighted by Crippen LogP contribution is 2.33. The summed E-state index contributed by atoms with van der Waals surface area (Å²) in [5.41, 5.74) is 0.880. The van der Waals surface area contributed by atoms with Crippen molar-refractivity contribution in [3.63, 3.8) is 0 Å². The molecule has 3 atom stereocenters. The number of furan rings is 1. The number of carbonyl (C=O) groups excluding carboxylic acids is 1. The Morgan fingerprint density at radius 3 is 3.17 bits per heavy atom. The van der Waals surface area contributed by atoms with Crippen molar-refractivity contribution in [2.75, 3.05) is 0 Å². The first-order valence-corrected chi connectivity index (χ1v) is 9.19. The predicted octanol–water partition coefficient (Wildman–Crippen LogP) is 2.94. The highest BCUT2D eigenvalue weighted by molar-refractivity contribution is 7.13. The minimum Gasteiger partial charge on any atom is -0.462 e. The Morgan fingerprint density at radius 1 is 1.43 bits per heavy atom. The average Bonchev–Trinajstić information content (AvgIpc) is 3.31. The van der Waals surface area contributed by atoms with Crippen molar-refractivity contribution in [1.82, 2.24) is 15.6 Å². The number of carbonyl (C=O) groups is 1. The molecule has 1 aliphatic carbocycles. The maximum atomic E-state index is 12.4. The van der Waals surface area contributed by atoms with Gasteiger partial charge in [0.2, 0.25) is 5.91 Å². The molecule has 122 valence electrons. The fourth-order valence-corrected chi connectivity index (χ4v) is 4.51. The minimum atomic E-state index is -0.0359. The third-order valence-corrected chi connectivity index (χ3v) is 5.81. The van der Waals surface area contributed by atoms with Crippen LogP contribution in [0.5, 0.6) is 0 Å². The molecule has 2 aliphatic rings. The van der Waals surface area contributed by atoms with Crippen LogP contribution in [-0.2, 0) is 11.3 Å². The van der Waals surface area contributed by atoms with Crippen molar-refractivity contribution < 1.29 is 9.21 Å². The SMILES string of the molecule is O=C(NCc1csc(-c2ccco2)n1)C1CC2CCCCC2N1. The largest absolute Gasteiger partial charge is 0.462 e. The maximum absolute atomic E-state index is 12.4. The Bertz CT molecular complexity index is 653. The van der Waals surface area contributed by atoms with Crippen LogP contribution >= 0.6 is 11.3 Å². The lowest BCUT2D eigenvalue weighted by Gasteiger charge is -2.24. The summed E-state index contributed by atoms with van der Waals surface area (Å²) in [6.45, 7) is 0.476. The Morgan fingerprint density at radius 2 is 2.35 bits per heavy atom. The molecule has 5 nitrogen and oxygen atoms in total. The molecular formula is C17H21N3O2S. The first-order valence-electron chi connectivity index (χ1n) is 8.31. The summed E-state index contributed by atoms with van der Waals surface area (Å²) in [5.74, 6) is 1.56. The van der Waals surface area contributed by atoms with Gasteiger partial charge in [0.25, 0.3) is 0 Å². The minimum absolute atomic E-state index is 0.0359. The number of hydrogen-bond donors (Lipinski definition) is 2. The van der Waals surface area contributed by atoms with Crippen molar-refractivity contribution in [2.45, 2.75) is 50.7 Å². The molecule has 0 radical (unpaired) electrons. The van der Waals surface area contributed by atoms with E-state index in [0.717, 1.165) is 22.9 Å². The normalized spacial score (nSPS) is 26.9. The molecule has 0 spiro atoms. The number of nitrogens with zero attached hydrogens (tertiary/aromatic N) is 1. The molecule has 2 aromatic heterocycles. The van der Waals surface area contributed by atoms with E-state index < -0.39 is 0 Å². The van der Waals surface area contributed by atoms with Gasteiger partial charge in [0.15, 0.2) is 10.8 Å². The molecule has 4 rings (SSSR count). The first kappa shape index (κ1) is 14.9. The maximum Gasteiger partial charge on any atom is 0.237 e. The van der Waals surface area contributed by atoms with Crippen LogP contribution < -0.4 is 10.6 Å². The van der Waals surface area contributed by atoms with E-state index >= 15 is 0 Å². The van der Waals surface area contributed by atoms with Gasteiger partial charge in [-0.05, 0) is 37.3 Å². The number of aromatic nitrogens is 1. The Hall–Kier alpha value is -1.66. The van der Waals surface area contributed by atoms with Crippen LogP contribution in [-0.4, -0.2) is 23.0 Å². The summed E-state index contributed by atoms with van der Waals surface area (Å²) < 4.78 is 5.34. The van der Waals surface area contributed by atoms with Gasteiger partial charge in [-0.3, -0.25) is 4.79 Å². The molecule has 23 heavy (non-hydrogen) atoms. The van der Waals surface area contributed by atoms with Crippen molar-refractivity contribution in [2.24, 2.45) is 5.92 Å². The molecule has 2 aromatic rings. The van der Waals surface area contributed by atoms with Crippen molar-refractivity contribution in [1.29, 1.82) is 0 Å². The van der Waals surface area contributed by atoms with E-state index in [0.29, 0.717) is 18.5 Å². The highest BCUT2D eigenvalue weighted by atomic mass is 32.1. The van der Waals surface area contributed by atoms with Crippen molar-refractivity contribution in [3.8, 4) is 10.8 Å². The summed E-state index contributed by atoms with van der Waals surface area (Å²) in [6.07, 6.45) is 7.70. The van der Waals surface area contributed by atoms with Crippen LogP contribution in [0, 0.1) is 5.92 Å². The smallest absolute Gasteiger partial charge is 0.237 e. The van der Waals surface area contributed by atoms with Gasteiger partial charge in [-0.1, -0.05) is 12.8 Å². The van der Waals surface area contributed by atoms with Crippen LogP contribution in [0.15, 0.2) is 28.2 Å². The third-order valence-electron chi connectivity index (χ3n) is 4.91. The van der Waals surface area contributed by atoms with E-state index in [-0.39, 0.29) is 11.9 Å². The van der Waals surface area contributed by atoms with Crippen molar-refractivity contribution in [3.05, 3.63) is 29.5 Å². The number of thiazole rings is 1. The van der Waals surface area contributed by atoms with E-state index in [1.54, 1.807) is 6.26 Å². The van der Waals surface area contributed by atoms with Gasteiger partial charge in [0.05, 0.1) is 24.5 Å². The molecule has 6 heteroatoms. The second-order valence-electron chi connectivity index (χ2n) is 6.45. The lowest BCUT2D eigenvalue weighted by atomic mass is 9.85. The second-order valence-corrected chi connectivity index (χ2v) is 7.30. The molecule has 0 bridgehead atoms. The highest BCUT2D eigenvalue weighted by Gasteiger charge is 2.38. The van der Waals surface area contributed by atoms with Gasteiger partial charge < -0.3 is 15.1 Å². The fourth-order valence-electron chi connectivity index (χ4n) is 3.72. The predicted molar refractivity (Wildman–Crippen MR) is 88.9 cm³/mol. The number of fused-ring (bicyclic) bond motifs is 1. The third kappa shape index (κ3) is 3.19. The van der Waals surface area contributed by atoms with Crippen molar-refractivity contribution >= 4 is 17.2 Å². The molecule has 2 N–H and O–H groups in total. The first-order chi connectivity index (χ1) is 11.3. The van der Waals surface area contributed by atoms with Gasteiger partial charge >= 0.3 is 0 Å². The molecular weight excluding hydrogens is 310 g/mol. The molecule has 1 aliphatic heterocycles. The van der Waals surface area contributed by atoms with E-state index in [2.05, 4.69) is 15.6 Å². The zero-order valence-corrected chi connectivity index (χ0v) is 13.8. The Kier molecular flexibility index (Phi) is 4.18. The van der Waals surface area contributed by atoms with Crippen LogP contribution in [0.4, 0.5) is 0 Å². The number of hydrogen-bond acceptors (Lipinski definition) is 5. The quantitative estimate of drug-likeness (QED) is 0.904. The number of rotatable bonds is 4. The second kappa shape index (κ2) is 6.45. The molecule has 1 amide bonds. The molecule has 3 heterocycles. The molecule has 1 saturated heterocycles. The van der Waals surface area contributed by atoms with Gasteiger partial charge in [-0.2, -0.15) is 0 Å². The Labute approximate surface area is 139 Å². The standard InChI is InChI=1S/C17H21N3O2S/c21-16(14-8-11-4-1-2-5-13(11)20-14)18-9-12-10-23-17(19-12)15-6-3-7-22-15/h3,6-7,10-11,13-14,20H,1-2,4-5,8-9H2,(H,18,21). The number of nitrogens with one attached hydrogen (secondary N) is 2. The summed E-state index contributed by atoms with van der Waals surface area (Å²) in [5, 5.41) is 9.36.